The van der Waals surface area contributed by atoms with Gasteiger partial charge in [0.2, 0.25) is 0 Å². The molecule has 102 valence electrons. The zero-order valence-electron chi connectivity index (χ0n) is 11.2. The average Bonchev–Trinajstić information content (AvgIpc) is 2.92. The van der Waals surface area contributed by atoms with Gasteiger partial charge >= 0.3 is 0 Å². The van der Waals surface area contributed by atoms with Crippen LogP contribution in [0.2, 0.25) is 0 Å². The number of H-pyrrole nitrogens is 1. The lowest BCUT2D eigenvalue weighted by atomic mass is 10.0. The number of aryl methyl sites for hydroxylation is 1. The third kappa shape index (κ3) is 1.79. The predicted octanol–water partition coefficient (Wildman–Crippen LogP) is 0.819. The molecular weight excluding hydrogens is 240 g/mol. The maximum absolute atomic E-state index is 12.8. The number of aromatic amines is 1. The van der Waals surface area contributed by atoms with Crippen LogP contribution in [0.1, 0.15) is 41.0 Å². The summed E-state index contributed by atoms with van der Waals surface area (Å²) in [4.78, 5) is 17.3. The summed E-state index contributed by atoms with van der Waals surface area (Å²) in [6.07, 6.45) is 5.46. The molecule has 4 heterocycles. The first kappa shape index (κ1) is 11.5. The first-order valence-corrected chi connectivity index (χ1v) is 7.42. The molecule has 0 atom stereocenters. The number of hydrogen-bond acceptors (Lipinski definition) is 3. The van der Waals surface area contributed by atoms with Crippen molar-refractivity contribution in [2.75, 3.05) is 26.2 Å². The van der Waals surface area contributed by atoms with E-state index in [2.05, 4.69) is 20.0 Å². The highest BCUT2D eigenvalue weighted by Gasteiger charge is 2.34. The number of carbonyl (C=O) groups excluding carboxylic acids is 1. The topological polar surface area (TPSA) is 52.2 Å². The molecule has 1 amide bonds. The molecule has 2 bridgehead atoms. The van der Waals surface area contributed by atoms with E-state index in [1.807, 2.05) is 0 Å². The first-order chi connectivity index (χ1) is 9.33. The lowest BCUT2D eigenvalue weighted by Gasteiger charge is -2.31. The Labute approximate surface area is 113 Å². The van der Waals surface area contributed by atoms with Gasteiger partial charge < -0.3 is 9.80 Å². The van der Waals surface area contributed by atoms with Crippen LogP contribution >= 0.6 is 0 Å². The van der Waals surface area contributed by atoms with Crippen LogP contribution in [-0.4, -0.2) is 58.1 Å². The van der Waals surface area contributed by atoms with Crippen molar-refractivity contribution in [3.8, 4) is 0 Å². The molecule has 4 aliphatic rings. The summed E-state index contributed by atoms with van der Waals surface area (Å²) in [7, 11) is 0. The minimum atomic E-state index is 0.160. The summed E-state index contributed by atoms with van der Waals surface area (Å²) in [5.41, 5.74) is 3.07. The van der Waals surface area contributed by atoms with Crippen molar-refractivity contribution in [3.05, 3.63) is 17.0 Å². The summed E-state index contributed by atoms with van der Waals surface area (Å²) in [6, 6.07) is 0.431. The summed E-state index contributed by atoms with van der Waals surface area (Å²) in [5, 5.41) is 7.35. The van der Waals surface area contributed by atoms with Gasteiger partial charge in [-0.15, -0.1) is 0 Å². The number of nitrogens with zero attached hydrogens (tertiary/aromatic N) is 3. The second kappa shape index (κ2) is 4.34. The molecular formula is C14H20N4O. The second-order valence-electron chi connectivity index (χ2n) is 5.95. The lowest BCUT2D eigenvalue weighted by molar-refractivity contribution is 0.0677. The van der Waals surface area contributed by atoms with Gasteiger partial charge in [0.05, 0.1) is 0 Å². The minimum Gasteiger partial charge on any atom is -0.333 e. The van der Waals surface area contributed by atoms with E-state index in [1.165, 1.54) is 11.3 Å². The Kier molecular flexibility index (Phi) is 2.62. The van der Waals surface area contributed by atoms with Crippen molar-refractivity contribution >= 4 is 5.91 Å². The molecule has 5 rings (SSSR count). The zero-order valence-corrected chi connectivity index (χ0v) is 11.2. The molecule has 5 nitrogen and oxygen atoms in total. The summed E-state index contributed by atoms with van der Waals surface area (Å²) in [6.45, 7) is 4.18. The quantitative estimate of drug-likeness (QED) is 0.813. The Balaban J connectivity index is 1.62. The highest BCUT2D eigenvalue weighted by atomic mass is 16.2. The molecule has 0 unspecified atom stereocenters. The van der Waals surface area contributed by atoms with Crippen LogP contribution in [0, 0.1) is 0 Å². The van der Waals surface area contributed by atoms with Gasteiger partial charge in [-0.05, 0) is 32.1 Å². The van der Waals surface area contributed by atoms with Crippen molar-refractivity contribution in [2.24, 2.45) is 0 Å². The van der Waals surface area contributed by atoms with Crippen LogP contribution in [0.15, 0.2) is 0 Å². The third-order valence-electron chi connectivity index (χ3n) is 4.92. The molecule has 3 fully saturated rings. The van der Waals surface area contributed by atoms with Crippen molar-refractivity contribution < 1.29 is 4.79 Å². The summed E-state index contributed by atoms with van der Waals surface area (Å²) < 4.78 is 0. The average molecular weight is 260 g/mol. The number of hydrogen-bond donors (Lipinski definition) is 1. The molecule has 1 aromatic rings. The minimum absolute atomic E-state index is 0.160. The fourth-order valence-electron chi connectivity index (χ4n) is 3.79. The Morgan fingerprint density at radius 3 is 2.84 bits per heavy atom. The molecule has 0 aromatic carbocycles. The molecule has 19 heavy (non-hydrogen) atoms. The van der Waals surface area contributed by atoms with E-state index < -0.39 is 0 Å². The number of amides is 1. The summed E-state index contributed by atoms with van der Waals surface area (Å²) >= 11 is 0. The van der Waals surface area contributed by atoms with Crippen molar-refractivity contribution in [2.45, 2.75) is 38.1 Å². The molecule has 3 aliphatic heterocycles. The molecule has 0 saturated carbocycles. The van der Waals surface area contributed by atoms with E-state index >= 15 is 0 Å². The van der Waals surface area contributed by atoms with Crippen molar-refractivity contribution in [1.29, 1.82) is 0 Å². The molecule has 1 N–H and O–H groups in total. The van der Waals surface area contributed by atoms with Gasteiger partial charge in [0.1, 0.15) is 0 Å². The van der Waals surface area contributed by atoms with Gasteiger partial charge in [-0.2, -0.15) is 5.10 Å². The highest BCUT2D eigenvalue weighted by molar-refractivity contribution is 5.94. The fourth-order valence-corrected chi connectivity index (χ4v) is 3.79. The van der Waals surface area contributed by atoms with Gasteiger partial charge in [-0.1, -0.05) is 0 Å². The van der Waals surface area contributed by atoms with Gasteiger partial charge in [0, 0.05) is 43.5 Å². The zero-order chi connectivity index (χ0) is 12.8. The molecule has 1 aromatic heterocycles. The standard InChI is InChI=1S/C14H20N4O/c19-14(13-11-2-1-3-12(11)15-16-13)18-9-8-17-6-4-10(18)5-7-17/h10H,1-9H2,(H,15,16). The normalized spacial score (nSPS) is 29.4. The number of nitrogens with one attached hydrogen (secondary N) is 1. The van der Waals surface area contributed by atoms with Gasteiger partial charge in [-0.25, -0.2) is 0 Å². The van der Waals surface area contributed by atoms with E-state index in [0.29, 0.717) is 11.7 Å². The number of carbonyl (C=O) groups is 1. The molecule has 5 heteroatoms. The highest BCUT2D eigenvalue weighted by Crippen LogP contribution is 2.27. The summed E-state index contributed by atoms with van der Waals surface area (Å²) in [5.74, 6) is 0.160. The van der Waals surface area contributed by atoms with E-state index in [4.69, 9.17) is 0 Å². The van der Waals surface area contributed by atoms with Crippen molar-refractivity contribution in [3.63, 3.8) is 0 Å². The molecule has 3 saturated heterocycles. The second-order valence-corrected chi connectivity index (χ2v) is 5.95. The fraction of sp³-hybridized carbons (Fsp3) is 0.714. The third-order valence-corrected chi connectivity index (χ3v) is 4.92. The van der Waals surface area contributed by atoms with Gasteiger partial charge in [0.25, 0.3) is 5.91 Å². The van der Waals surface area contributed by atoms with Crippen molar-refractivity contribution in [1.82, 2.24) is 20.0 Å². The maximum atomic E-state index is 12.8. The number of fused-ring (bicyclic) bond motifs is 5. The largest absolute Gasteiger partial charge is 0.333 e. The molecule has 1 aliphatic carbocycles. The van der Waals surface area contributed by atoms with Crippen LogP contribution in [0.25, 0.3) is 0 Å². The first-order valence-electron chi connectivity index (χ1n) is 7.42. The molecule has 0 spiro atoms. The Morgan fingerprint density at radius 2 is 2.00 bits per heavy atom. The number of piperidine rings is 1. The predicted molar refractivity (Wildman–Crippen MR) is 71.1 cm³/mol. The maximum Gasteiger partial charge on any atom is 0.274 e. The van der Waals surface area contributed by atoms with Gasteiger partial charge in [-0.3, -0.25) is 9.89 Å². The number of rotatable bonds is 1. The van der Waals surface area contributed by atoms with E-state index in [1.54, 1.807) is 0 Å². The van der Waals surface area contributed by atoms with E-state index in [0.717, 1.165) is 58.3 Å². The van der Waals surface area contributed by atoms with Crippen LogP contribution in [0.4, 0.5) is 0 Å². The Morgan fingerprint density at radius 1 is 1.16 bits per heavy atom. The van der Waals surface area contributed by atoms with Gasteiger partial charge in [0.15, 0.2) is 5.69 Å². The van der Waals surface area contributed by atoms with Crippen LogP contribution in [-0.2, 0) is 12.8 Å². The molecule has 0 radical (unpaired) electrons. The Bertz CT molecular complexity index is 502. The SMILES string of the molecule is O=C(c1n[nH]c2c1CCC2)N1CCN2CCC1CC2. The number of aromatic nitrogens is 2. The Hall–Kier alpha value is -1.36. The van der Waals surface area contributed by atoms with Crippen LogP contribution in [0.3, 0.4) is 0 Å². The van der Waals surface area contributed by atoms with E-state index in [9.17, 15) is 4.79 Å². The van der Waals surface area contributed by atoms with E-state index in [-0.39, 0.29) is 5.91 Å². The monoisotopic (exact) mass is 260 g/mol. The van der Waals surface area contributed by atoms with Crippen LogP contribution < -0.4 is 0 Å². The lowest BCUT2D eigenvalue weighted by Crippen LogP contribution is -2.42. The smallest absolute Gasteiger partial charge is 0.274 e. The van der Waals surface area contributed by atoms with Crippen LogP contribution in [0.5, 0.6) is 0 Å².